The number of aromatic carboxylic acids is 1. The van der Waals surface area contributed by atoms with Crippen LogP contribution in [0.1, 0.15) is 10.5 Å². The molecule has 96 valence electrons. The molecular formula is C11H7N3O5. The summed E-state index contributed by atoms with van der Waals surface area (Å²) in [6.45, 7) is 0. The van der Waals surface area contributed by atoms with Gasteiger partial charge in [-0.1, -0.05) is 0 Å². The summed E-state index contributed by atoms with van der Waals surface area (Å²) in [4.78, 5) is 32.3. The van der Waals surface area contributed by atoms with Crippen molar-refractivity contribution in [3.05, 3.63) is 62.6 Å². The molecule has 0 aliphatic rings. The highest BCUT2D eigenvalue weighted by Crippen LogP contribution is 2.13. The summed E-state index contributed by atoms with van der Waals surface area (Å²) < 4.78 is 0.868. The van der Waals surface area contributed by atoms with Crippen LogP contribution in [0, 0.1) is 10.1 Å². The maximum atomic E-state index is 11.6. The van der Waals surface area contributed by atoms with Crippen LogP contribution >= 0.6 is 0 Å². The second-order valence-corrected chi connectivity index (χ2v) is 3.55. The molecule has 0 atom stereocenters. The van der Waals surface area contributed by atoms with E-state index < -0.39 is 16.5 Å². The Morgan fingerprint density at radius 3 is 2.37 bits per heavy atom. The first-order chi connectivity index (χ1) is 8.99. The van der Waals surface area contributed by atoms with Crippen molar-refractivity contribution in [2.75, 3.05) is 0 Å². The fourth-order valence-corrected chi connectivity index (χ4v) is 1.43. The van der Waals surface area contributed by atoms with E-state index >= 15 is 0 Å². The molecule has 2 rings (SSSR count). The molecule has 0 radical (unpaired) electrons. The Hall–Kier alpha value is -3.03. The molecule has 0 aliphatic carbocycles. The molecule has 0 amide bonds. The first-order valence-corrected chi connectivity index (χ1v) is 5.07. The zero-order chi connectivity index (χ0) is 14.0. The highest BCUT2D eigenvalue weighted by molar-refractivity contribution is 5.84. The van der Waals surface area contributed by atoms with Gasteiger partial charge < -0.3 is 5.11 Å². The van der Waals surface area contributed by atoms with Crippen molar-refractivity contribution in [1.29, 1.82) is 0 Å². The molecule has 1 N–H and O–H groups in total. The van der Waals surface area contributed by atoms with E-state index in [2.05, 4.69) is 5.10 Å². The summed E-state index contributed by atoms with van der Waals surface area (Å²) in [6.07, 6.45) is 0. The lowest BCUT2D eigenvalue weighted by molar-refractivity contribution is -0.384. The standard InChI is InChI=1S/C11H7N3O5/c15-10-6-5-9(11(16)17)12-13(10)7-1-3-8(4-2-7)14(18)19/h1-6H,(H,16,17). The van der Waals surface area contributed by atoms with Gasteiger partial charge in [-0.15, -0.1) is 0 Å². The summed E-state index contributed by atoms with van der Waals surface area (Å²) in [5.74, 6) is -1.27. The van der Waals surface area contributed by atoms with Crippen molar-refractivity contribution in [2.24, 2.45) is 0 Å². The van der Waals surface area contributed by atoms with Crippen LogP contribution in [-0.2, 0) is 0 Å². The van der Waals surface area contributed by atoms with Crippen molar-refractivity contribution >= 4 is 11.7 Å². The maximum Gasteiger partial charge on any atom is 0.356 e. The predicted molar refractivity (Wildman–Crippen MR) is 63.4 cm³/mol. The lowest BCUT2D eigenvalue weighted by atomic mass is 10.3. The number of carboxylic acids is 1. The number of aromatic nitrogens is 2. The quantitative estimate of drug-likeness (QED) is 0.646. The first kappa shape index (κ1) is 12.4. The van der Waals surface area contributed by atoms with Crippen LogP contribution in [0.4, 0.5) is 5.69 Å². The van der Waals surface area contributed by atoms with Crippen LogP contribution in [0.2, 0.25) is 0 Å². The fourth-order valence-electron chi connectivity index (χ4n) is 1.43. The molecule has 0 unspecified atom stereocenters. The van der Waals surface area contributed by atoms with Gasteiger partial charge in [0, 0.05) is 18.2 Å². The molecule has 19 heavy (non-hydrogen) atoms. The number of non-ortho nitro benzene ring substituents is 1. The largest absolute Gasteiger partial charge is 0.476 e. The Balaban J connectivity index is 2.52. The number of nitro benzene ring substituents is 1. The molecule has 0 fully saturated rings. The molecule has 2 aromatic rings. The number of nitrogens with zero attached hydrogens (tertiary/aromatic N) is 3. The molecular weight excluding hydrogens is 254 g/mol. The minimum Gasteiger partial charge on any atom is -0.476 e. The van der Waals surface area contributed by atoms with E-state index in [1.807, 2.05) is 0 Å². The SMILES string of the molecule is O=C(O)c1ccc(=O)n(-c2ccc([N+](=O)[O-])cc2)n1. The molecule has 8 heteroatoms. The Morgan fingerprint density at radius 2 is 1.84 bits per heavy atom. The minimum atomic E-state index is -1.27. The van der Waals surface area contributed by atoms with Crippen LogP contribution in [0.5, 0.6) is 0 Å². The van der Waals surface area contributed by atoms with E-state index in [4.69, 9.17) is 5.11 Å². The number of nitro groups is 1. The zero-order valence-electron chi connectivity index (χ0n) is 9.39. The summed E-state index contributed by atoms with van der Waals surface area (Å²) in [5.41, 5.74) is -0.707. The van der Waals surface area contributed by atoms with Gasteiger partial charge in [0.15, 0.2) is 5.69 Å². The summed E-state index contributed by atoms with van der Waals surface area (Å²) in [6, 6.07) is 7.20. The van der Waals surface area contributed by atoms with Crippen molar-refractivity contribution in [3.8, 4) is 5.69 Å². The minimum absolute atomic E-state index is 0.133. The second-order valence-electron chi connectivity index (χ2n) is 3.55. The molecule has 0 aliphatic heterocycles. The van der Waals surface area contributed by atoms with E-state index in [0.29, 0.717) is 0 Å². The van der Waals surface area contributed by atoms with E-state index in [1.165, 1.54) is 24.3 Å². The number of hydrogen-bond donors (Lipinski definition) is 1. The number of rotatable bonds is 3. The van der Waals surface area contributed by atoms with Gasteiger partial charge in [0.05, 0.1) is 10.6 Å². The molecule has 0 spiro atoms. The van der Waals surface area contributed by atoms with E-state index in [1.54, 1.807) is 0 Å². The molecule has 1 aromatic heterocycles. The molecule has 0 saturated carbocycles. The van der Waals surface area contributed by atoms with Gasteiger partial charge in [0.1, 0.15) is 0 Å². The molecule has 0 saturated heterocycles. The van der Waals surface area contributed by atoms with Crippen LogP contribution in [0.3, 0.4) is 0 Å². The number of benzene rings is 1. The summed E-state index contributed by atoms with van der Waals surface area (Å²) in [5, 5.41) is 23.0. The lowest BCUT2D eigenvalue weighted by Gasteiger charge is -2.04. The summed E-state index contributed by atoms with van der Waals surface area (Å²) in [7, 11) is 0. The summed E-state index contributed by atoms with van der Waals surface area (Å²) >= 11 is 0. The maximum absolute atomic E-state index is 11.6. The Morgan fingerprint density at radius 1 is 1.21 bits per heavy atom. The predicted octanol–water partition coefficient (Wildman–Crippen LogP) is 0.839. The van der Waals surface area contributed by atoms with Gasteiger partial charge in [-0.05, 0) is 18.2 Å². The van der Waals surface area contributed by atoms with Gasteiger partial charge in [0.25, 0.3) is 11.2 Å². The third kappa shape index (κ3) is 2.46. The van der Waals surface area contributed by atoms with E-state index in [0.717, 1.165) is 16.8 Å². The smallest absolute Gasteiger partial charge is 0.356 e. The van der Waals surface area contributed by atoms with Crippen LogP contribution in [-0.4, -0.2) is 25.8 Å². The molecule has 0 bridgehead atoms. The van der Waals surface area contributed by atoms with Crippen molar-refractivity contribution in [3.63, 3.8) is 0 Å². The molecule has 1 aromatic carbocycles. The topological polar surface area (TPSA) is 115 Å². The number of carboxylic acid groups (broad SMARTS) is 1. The Labute approximate surface area is 105 Å². The monoisotopic (exact) mass is 261 g/mol. The average Bonchev–Trinajstić information content (AvgIpc) is 2.39. The van der Waals surface area contributed by atoms with Gasteiger partial charge in [0.2, 0.25) is 0 Å². The van der Waals surface area contributed by atoms with E-state index in [-0.39, 0.29) is 17.1 Å². The Bertz CT molecular complexity index is 705. The second kappa shape index (κ2) is 4.69. The third-order valence-electron chi connectivity index (χ3n) is 2.32. The first-order valence-electron chi connectivity index (χ1n) is 5.07. The van der Waals surface area contributed by atoms with Gasteiger partial charge in [-0.3, -0.25) is 14.9 Å². The zero-order valence-corrected chi connectivity index (χ0v) is 9.39. The highest BCUT2D eigenvalue weighted by Gasteiger charge is 2.10. The van der Waals surface area contributed by atoms with Gasteiger partial charge in [-0.2, -0.15) is 9.78 Å². The average molecular weight is 261 g/mol. The number of hydrogen-bond acceptors (Lipinski definition) is 5. The van der Waals surface area contributed by atoms with Gasteiger partial charge in [-0.25, -0.2) is 4.79 Å². The van der Waals surface area contributed by atoms with Crippen molar-refractivity contribution in [1.82, 2.24) is 9.78 Å². The third-order valence-corrected chi connectivity index (χ3v) is 2.32. The van der Waals surface area contributed by atoms with Crippen molar-refractivity contribution < 1.29 is 14.8 Å². The van der Waals surface area contributed by atoms with Gasteiger partial charge >= 0.3 is 5.97 Å². The fraction of sp³-hybridized carbons (Fsp3) is 0. The normalized spacial score (nSPS) is 10.1. The molecule has 1 heterocycles. The van der Waals surface area contributed by atoms with Crippen LogP contribution in [0.15, 0.2) is 41.2 Å². The Kier molecular flexibility index (Phi) is 3.06. The van der Waals surface area contributed by atoms with Crippen LogP contribution < -0.4 is 5.56 Å². The highest BCUT2D eigenvalue weighted by atomic mass is 16.6. The van der Waals surface area contributed by atoms with Crippen LogP contribution in [0.25, 0.3) is 5.69 Å². The lowest BCUT2D eigenvalue weighted by Crippen LogP contribution is -2.22. The van der Waals surface area contributed by atoms with E-state index in [9.17, 15) is 19.7 Å². The van der Waals surface area contributed by atoms with Crippen molar-refractivity contribution in [2.45, 2.75) is 0 Å². The molecule has 8 nitrogen and oxygen atoms in total. The number of carbonyl (C=O) groups is 1.